The Morgan fingerprint density at radius 1 is 0.371 bits per heavy atom. The highest BCUT2D eigenvalue weighted by Gasteiger charge is 2.32. The minimum Gasteiger partial charge on any atom is -0.432 e. The molecule has 0 atom stereocenters. The molecule has 40 heteroatoms. The first-order chi connectivity index (χ1) is 70.5. The van der Waals surface area contributed by atoms with Gasteiger partial charge in [0.25, 0.3) is 0 Å². The summed E-state index contributed by atoms with van der Waals surface area (Å²) in [6.07, 6.45) is 18.9. The van der Waals surface area contributed by atoms with Crippen molar-refractivity contribution in [2.75, 3.05) is 188 Å². The summed E-state index contributed by atoms with van der Waals surface area (Å²) in [5, 5.41) is 11.6. The van der Waals surface area contributed by atoms with Gasteiger partial charge in [0.15, 0.2) is 68.9 Å². The van der Waals surface area contributed by atoms with Gasteiger partial charge in [-0.3, -0.25) is 9.80 Å². The number of nitrogens with zero attached hydrogens (tertiary/aromatic N) is 19. The fourth-order valence-electron chi connectivity index (χ4n) is 19.2. The number of hydrogen-bond acceptors (Lipinski definition) is 34. The number of aromatic nitrogens is 16. The Hall–Kier alpha value is -13.6. The van der Waals surface area contributed by atoms with Gasteiger partial charge in [-0.05, 0) is 128 Å². The van der Waals surface area contributed by atoms with Crippen molar-refractivity contribution in [3.63, 3.8) is 0 Å². The van der Waals surface area contributed by atoms with E-state index in [0.29, 0.717) is 121 Å². The number of pyridine rings is 4. The first-order valence-electron chi connectivity index (χ1n) is 48.3. The summed E-state index contributed by atoms with van der Waals surface area (Å²) in [6, 6.07) is 41.7. The topological polar surface area (TPSA) is 410 Å². The quantitative estimate of drug-likeness (QED) is 0.0417. The molecule has 0 bridgehead atoms. The molecule has 22 heterocycles. The molecule has 0 aliphatic carbocycles. The van der Waals surface area contributed by atoms with E-state index in [9.17, 15) is 0 Å². The Morgan fingerprint density at radius 3 is 1.02 bits per heavy atom. The lowest BCUT2D eigenvalue weighted by molar-refractivity contribution is 0.122. The summed E-state index contributed by atoms with van der Waals surface area (Å²) in [6.45, 7) is 24.6. The highest BCUT2D eigenvalue weighted by molar-refractivity contribution is 7.99. The van der Waals surface area contributed by atoms with Gasteiger partial charge in [0, 0.05) is 237 Å². The van der Waals surface area contributed by atoms with Gasteiger partial charge >= 0.3 is 23.1 Å². The summed E-state index contributed by atoms with van der Waals surface area (Å²) < 4.78 is 80.6. The Labute approximate surface area is 835 Å². The number of rotatable bonds is 21. The van der Waals surface area contributed by atoms with Gasteiger partial charge in [-0.25, -0.2) is 59.8 Å². The molecule has 4 aromatic carbocycles. The van der Waals surface area contributed by atoms with Crippen LogP contribution in [0.5, 0.6) is 0 Å². The Bertz CT molecular complexity index is 7980. The molecule has 6 saturated heterocycles. The van der Waals surface area contributed by atoms with Gasteiger partial charge in [-0.2, -0.15) is 28.6 Å². The van der Waals surface area contributed by atoms with Crippen LogP contribution in [0, 0.1) is 0 Å². The maximum absolute atomic E-state index is 8.29. The van der Waals surface area contributed by atoms with Crippen LogP contribution < -0.4 is 24.9 Å². The van der Waals surface area contributed by atoms with Crippen LogP contribution in [-0.4, -0.2) is 279 Å². The molecule has 5 N–H and O–H groups in total. The largest absolute Gasteiger partial charge is 0.432 e. The van der Waals surface area contributed by atoms with Crippen LogP contribution in [0.4, 0.5) is 23.3 Å². The monoisotopic (exact) mass is 2000 g/mol. The number of hydrogen-bond donors (Lipinski definition) is 5. The fraction of sp³-hybridized carbons (Fsp3) is 0.340. The standard InChI is InChI=1S/C27H30N6O2.C26H26N6O2S.C25H24N6O2S.C25H26N6O2.2O2S/c1-3-4-10-32(2)17-18-15-21-23-24(35-27(21)29-16-18)26(33-11-13-34-14-12-33)31-25(30-23)20-6-5-7-22-19(20)8-9-28-22;1-2-19(18-4-5-27-21(18)3-1)24-29-22-20-14-17(16-31-8-12-35-13-9-31)15-28-26(20)34-23(22)25(30-24)32-6-10-33-11-7-32;1-2-18(17-4-5-26-20(17)3-1)23-28-21-19-12-16(14-30-8-11-34-15-30)13-27-25(19)33-22(21)24(29-23)31-6-9-32-10-7-31;1-2-7-26-14-16-13-19-21-22(33-25(19)28-15-16)24(31-9-11-32-12-10-31)30-23(29-21)18-4-3-5-20-17(18)6-8-27-20;2*1-3-2/h5-9,15-16,28H,3-4,10-14,17H2,1-2H3;1-5,14-15,27H,6-13,16H2;1-5,12-13,26H,6-11,14-15H2;3-6,8,13,15,26-27H,2,7,9-12,14H2,1H3;;. The van der Waals surface area contributed by atoms with Crippen LogP contribution in [0.25, 0.3) is 178 Å². The van der Waals surface area contributed by atoms with Crippen molar-refractivity contribution in [2.24, 2.45) is 0 Å². The molecule has 36 nitrogen and oxygen atoms in total. The average Bonchev–Trinajstić information content (AvgIpc) is 1.61. The zero-order chi connectivity index (χ0) is 97.1. The molecule has 20 aromatic rings. The van der Waals surface area contributed by atoms with Crippen molar-refractivity contribution >= 4 is 202 Å². The molecule has 26 rings (SSSR count). The van der Waals surface area contributed by atoms with E-state index in [1.165, 1.54) is 41.2 Å². The summed E-state index contributed by atoms with van der Waals surface area (Å²) in [7, 11) is 2.15. The number of H-pyrrole nitrogens is 4. The van der Waals surface area contributed by atoms with E-state index in [-0.39, 0.29) is 0 Å². The SMILES string of the molecule is CCCCN(C)Cc1cnc2oc3c(N4CCOCC4)nc(-c4cccc5[nH]ccc45)nc3c2c1.CCCNCc1cnc2oc3c(N4CCOCC4)nc(-c4cccc5[nH]ccc45)nc3c2c1.O=S=O.O=S=O.c1cc(-c2nc(N3CCOCC3)c3oc4ncc(CN5CCSC5)cc4c3n2)c2cc[nH]c2c1.c1cc(-c2nc(N3CCOCC3)c3oc4ncc(CN5CCSCC5)cc4c3n2)c2cc[nH]c2c1. The molecule has 0 unspecified atom stereocenters. The molecule has 143 heavy (non-hydrogen) atoms. The number of ether oxygens (including phenoxy) is 4. The smallest absolute Gasteiger partial charge is 0.335 e. The maximum Gasteiger partial charge on any atom is 0.335 e. The van der Waals surface area contributed by atoms with Gasteiger partial charge < -0.3 is 86.4 Å². The average molecular weight is 2000 g/mol. The van der Waals surface area contributed by atoms with Crippen LogP contribution in [0.15, 0.2) is 189 Å². The van der Waals surface area contributed by atoms with Gasteiger partial charge in [0.2, 0.25) is 22.9 Å². The third-order valence-corrected chi connectivity index (χ3v) is 28.2. The number of morpholine rings is 4. The van der Waals surface area contributed by atoms with Crippen molar-refractivity contribution in [1.29, 1.82) is 0 Å². The van der Waals surface area contributed by atoms with Gasteiger partial charge in [0.05, 0.1) is 74.4 Å². The third kappa shape index (κ3) is 20.7. The number of aromatic amines is 4. The molecule has 6 aliphatic rings. The van der Waals surface area contributed by atoms with E-state index in [1.54, 1.807) is 0 Å². The molecule has 0 amide bonds. The van der Waals surface area contributed by atoms with Crippen LogP contribution in [0.3, 0.4) is 0 Å². The molecule has 0 radical (unpaired) electrons. The third-order valence-electron chi connectivity index (χ3n) is 26.3. The number of anilines is 4. The highest BCUT2D eigenvalue weighted by Crippen LogP contribution is 2.43. The molecule has 0 saturated carbocycles. The molecule has 16 aromatic heterocycles. The van der Waals surface area contributed by atoms with Gasteiger partial charge in [0.1, 0.15) is 22.1 Å². The molecule has 0 spiro atoms. The predicted molar refractivity (Wildman–Crippen MR) is 561 cm³/mol. The van der Waals surface area contributed by atoms with Crippen LogP contribution in [-0.2, 0) is 68.3 Å². The summed E-state index contributed by atoms with van der Waals surface area (Å²) in [5.41, 5.74) is 21.3. The number of unbranched alkanes of at least 4 members (excludes halogenated alkanes) is 1. The zero-order valence-electron chi connectivity index (χ0n) is 79.3. The predicted octanol–water partition coefficient (Wildman–Crippen LogP) is 16.5. The van der Waals surface area contributed by atoms with Crippen molar-refractivity contribution < 1.29 is 53.5 Å². The number of thioether (sulfide) groups is 2. The highest BCUT2D eigenvalue weighted by atomic mass is 32.2. The Kier molecular flexibility index (Phi) is 29.7. The van der Waals surface area contributed by atoms with Gasteiger partial charge in [-0.15, -0.1) is 11.8 Å². The van der Waals surface area contributed by atoms with Crippen LogP contribution >= 0.6 is 23.5 Å². The van der Waals surface area contributed by atoms with Crippen LogP contribution in [0.1, 0.15) is 55.4 Å². The van der Waals surface area contributed by atoms with E-state index in [1.807, 2.05) is 97.4 Å². The van der Waals surface area contributed by atoms with Crippen molar-refractivity contribution in [3.05, 3.63) is 193 Å². The van der Waals surface area contributed by atoms with Gasteiger partial charge in [-0.1, -0.05) is 68.8 Å². The first-order valence-corrected chi connectivity index (χ1v) is 51.9. The minimum atomic E-state index is -0.750. The van der Waals surface area contributed by atoms with Crippen molar-refractivity contribution in [2.45, 2.75) is 59.3 Å². The molecular weight excluding hydrogens is 1890 g/mol. The number of benzene rings is 4. The van der Waals surface area contributed by atoms with E-state index in [2.05, 4.69) is 192 Å². The minimum absolute atomic E-state index is 0.588. The lowest BCUT2D eigenvalue weighted by Gasteiger charge is -2.27. The fourth-order valence-corrected chi connectivity index (χ4v) is 21.2. The van der Waals surface area contributed by atoms with E-state index >= 15 is 0 Å². The second-order valence-electron chi connectivity index (χ2n) is 35.6. The van der Waals surface area contributed by atoms with E-state index in [4.69, 9.17) is 98.3 Å². The summed E-state index contributed by atoms with van der Waals surface area (Å²) in [4.78, 5) is 88.4. The summed E-state index contributed by atoms with van der Waals surface area (Å²) >= 11 is 2.50. The van der Waals surface area contributed by atoms with E-state index < -0.39 is 23.1 Å². The second-order valence-corrected chi connectivity index (χ2v) is 38.2. The Balaban J connectivity index is 0.000000110. The molecule has 6 fully saturated rings. The lowest BCUT2D eigenvalue weighted by Crippen LogP contribution is -2.37. The number of furan rings is 4. The van der Waals surface area contributed by atoms with Crippen molar-refractivity contribution in [1.82, 2.24) is 99.8 Å². The second kappa shape index (κ2) is 44.5. The van der Waals surface area contributed by atoms with Crippen molar-refractivity contribution in [3.8, 4) is 45.6 Å². The molecule has 6 aliphatic heterocycles. The summed E-state index contributed by atoms with van der Waals surface area (Å²) in [5.74, 6) is 10.6. The molecule has 734 valence electrons. The number of nitrogens with one attached hydrogen (secondary N) is 5. The molecular formula is C103H106N24O12S4. The van der Waals surface area contributed by atoms with E-state index in [0.717, 1.165) is 267 Å². The zero-order valence-corrected chi connectivity index (χ0v) is 82.6. The normalized spacial score (nSPS) is 15.6. The Morgan fingerprint density at radius 2 is 0.685 bits per heavy atom. The number of fused-ring (bicyclic) bond motifs is 16. The first kappa shape index (κ1) is 95.6. The maximum atomic E-state index is 8.29. The lowest BCUT2D eigenvalue weighted by atomic mass is 10.1. The van der Waals surface area contributed by atoms with Crippen LogP contribution in [0.2, 0.25) is 0 Å².